The van der Waals surface area contributed by atoms with Crippen LogP contribution in [0, 0.1) is 0 Å². The number of amides is 2. The van der Waals surface area contributed by atoms with Crippen LogP contribution in [0.1, 0.15) is 55.1 Å². The Morgan fingerprint density at radius 3 is 2.17 bits per heavy atom. The van der Waals surface area contributed by atoms with E-state index in [9.17, 15) is 9.59 Å². The number of likely N-dealkylation sites (tertiary alicyclic amines) is 1. The summed E-state index contributed by atoms with van der Waals surface area (Å²) in [5.41, 5.74) is 3.10. The molecule has 4 heteroatoms. The van der Waals surface area contributed by atoms with Crippen LogP contribution in [-0.2, 0) is 10.2 Å². The predicted molar refractivity (Wildman–Crippen MR) is 118 cm³/mol. The number of carbonyl (C=O) groups excluding carboxylic acids is 2. The quantitative estimate of drug-likeness (QED) is 0.786. The van der Waals surface area contributed by atoms with Crippen LogP contribution in [0.25, 0.3) is 6.08 Å². The molecule has 1 saturated heterocycles. The Hall–Kier alpha value is -2.88. The van der Waals surface area contributed by atoms with Gasteiger partial charge in [-0.1, -0.05) is 63.2 Å². The molecule has 1 aliphatic heterocycles. The molecule has 0 spiro atoms. The van der Waals surface area contributed by atoms with Gasteiger partial charge in [0, 0.05) is 30.8 Å². The number of piperidine rings is 1. The lowest BCUT2D eigenvalue weighted by molar-refractivity contribution is -0.126. The molecule has 0 atom stereocenters. The van der Waals surface area contributed by atoms with Gasteiger partial charge in [0.15, 0.2) is 0 Å². The summed E-state index contributed by atoms with van der Waals surface area (Å²) in [4.78, 5) is 26.6. The maximum Gasteiger partial charge on any atom is 0.251 e. The van der Waals surface area contributed by atoms with Crippen LogP contribution in [0.3, 0.4) is 0 Å². The summed E-state index contributed by atoms with van der Waals surface area (Å²) in [6, 6.07) is 17.7. The van der Waals surface area contributed by atoms with Crippen LogP contribution in [-0.4, -0.2) is 35.8 Å². The lowest BCUT2D eigenvalue weighted by Gasteiger charge is -2.31. The molecule has 29 heavy (non-hydrogen) atoms. The first-order valence-electron chi connectivity index (χ1n) is 10.3. The zero-order valence-corrected chi connectivity index (χ0v) is 17.5. The van der Waals surface area contributed by atoms with Crippen molar-refractivity contribution >= 4 is 17.9 Å². The number of hydrogen-bond donors (Lipinski definition) is 1. The molecule has 0 bridgehead atoms. The van der Waals surface area contributed by atoms with Gasteiger partial charge < -0.3 is 10.2 Å². The van der Waals surface area contributed by atoms with E-state index in [-0.39, 0.29) is 23.3 Å². The van der Waals surface area contributed by atoms with E-state index in [1.165, 1.54) is 5.56 Å². The van der Waals surface area contributed by atoms with Gasteiger partial charge in [-0.25, -0.2) is 0 Å². The Bertz CT molecular complexity index is 856. The van der Waals surface area contributed by atoms with Crippen molar-refractivity contribution in [2.75, 3.05) is 13.1 Å². The molecule has 0 saturated carbocycles. The highest BCUT2D eigenvalue weighted by molar-refractivity contribution is 5.94. The van der Waals surface area contributed by atoms with Crippen LogP contribution in [0.15, 0.2) is 60.7 Å². The van der Waals surface area contributed by atoms with E-state index < -0.39 is 0 Å². The third-order valence-electron chi connectivity index (χ3n) is 5.37. The minimum atomic E-state index is -0.0472. The van der Waals surface area contributed by atoms with Crippen molar-refractivity contribution in [1.82, 2.24) is 10.2 Å². The van der Waals surface area contributed by atoms with Crippen molar-refractivity contribution < 1.29 is 9.59 Å². The second-order valence-electron chi connectivity index (χ2n) is 8.64. The Morgan fingerprint density at radius 2 is 1.59 bits per heavy atom. The smallest absolute Gasteiger partial charge is 0.251 e. The van der Waals surface area contributed by atoms with Crippen LogP contribution in [0.2, 0.25) is 0 Å². The molecule has 1 fully saturated rings. The zero-order chi connectivity index (χ0) is 20.9. The van der Waals surface area contributed by atoms with Gasteiger partial charge >= 0.3 is 0 Å². The van der Waals surface area contributed by atoms with Gasteiger partial charge in [0.05, 0.1) is 0 Å². The minimum absolute atomic E-state index is 0.0257. The lowest BCUT2D eigenvalue weighted by Crippen LogP contribution is -2.46. The highest BCUT2D eigenvalue weighted by Crippen LogP contribution is 2.22. The molecule has 0 unspecified atom stereocenters. The van der Waals surface area contributed by atoms with Gasteiger partial charge in [-0.05, 0) is 47.6 Å². The largest absolute Gasteiger partial charge is 0.349 e. The molecule has 0 radical (unpaired) electrons. The molecule has 0 aliphatic carbocycles. The molecule has 4 nitrogen and oxygen atoms in total. The third-order valence-corrected chi connectivity index (χ3v) is 5.37. The van der Waals surface area contributed by atoms with Crippen molar-refractivity contribution in [3.63, 3.8) is 0 Å². The monoisotopic (exact) mass is 390 g/mol. The molecule has 2 amide bonds. The SMILES string of the molecule is CC(C)(C)c1ccc(C=CC(=O)N2CCC(NC(=O)c3ccccc3)CC2)cc1. The van der Waals surface area contributed by atoms with Crippen molar-refractivity contribution in [2.45, 2.75) is 45.1 Å². The van der Waals surface area contributed by atoms with Gasteiger partial charge in [0.25, 0.3) is 5.91 Å². The van der Waals surface area contributed by atoms with Crippen molar-refractivity contribution in [1.29, 1.82) is 0 Å². The van der Waals surface area contributed by atoms with E-state index in [0.717, 1.165) is 18.4 Å². The molecule has 1 aliphatic rings. The fourth-order valence-corrected chi connectivity index (χ4v) is 3.47. The van der Waals surface area contributed by atoms with Gasteiger partial charge in [-0.15, -0.1) is 0 Å². The van der Waals surface area contributed by atoms with E-state index >= 15 is 0 Å². The van der Waals surface area contributed by atoms with Crippen molar-refractivity contribution in [3.8, 4) is 0 Å². The Labute approximate surface area is 173 Å². The van der Waals surface area contributed by atoms with E-state index in [1.54, 1.807) is 6.08 Å². The van der Waals surface area contributed by atoms with Gasteiger partial charge in [-0.3, -0.25) is 9.59 Å². The lowest BCUT2D eigenvalue weighted by atomic mass is 9.87. The minimum Gasteiger partial charge on any atom is -0.349 e. The first kappa shape index (κ1) is 20.8. The molecule has 2 aromatic carbocycles. The van der Waals surface area contributed by atoms with Crippen LogP contribution in [0.4, 0.5) is 0 Å². The first-order chi connectivity index (χ1) is 13.8. The summed E-state index contributed by atoms with van der Waals surface area (Å²) in [5.74, 6) is -0.0216. The molecule has 1 N–H and O–H groups in total. The van der Waals surface area contributed by atoms with Gasteiger partial charge in [0.1, 0.15) is 0 Å². The Morgan fingerprint density at radius 1 is 0.966 bits per heavy atom. The highest BCUT2D eigenvalue weighted by atomic mass is 16.2. The average molecular weight is 391 g/mol. The Balaban J connectivity index is 1.48. The number of nitrogens with one attached hydrogen (secondary N) is 1. The molecule has 0 aromatic heterocycles. The van der Waals surface area contributed by atoms with Crippen molar-refractivity contribution in [3.05, 3.63) is 77.4 Å². The van der Waals surface area contributed by atoms with Crippen molar-refractivity contribution in [2.24, 2.45) is 0 Å². The van der Waals surface area contributed by atoms with Crippen LogP contribution in [0.5, 0.6) is 0 Å². The predicted octanol–water partition coefficient (Wildman–Crippen LogP) is 4.42. The highest BCUT2D eigenvalue weighted by Gasteiger charge is 2.23. The molecule has 1 heterocycles. The second kappa shape index (κ2) is 9.08. The second-order valence-corrected chi connectivity index (χ2v) is 8.64. The summed E-state index contributed by atoms with van der Waals surface area (Å²) in [6.07, 6.45) is 5.07. The fraction of sp³-hybridized carbons (Fsp3) is 0.360. The number of nitrogens with zero attached hydrogens (tertiary/aromatic N) is 1. The van der Waals surface area contributed by atoms with Crippen LogP contribution < -0.4 is 5.32 Å². The standard InChI is InChI=1S/C25H30N2O2/c1-25(2,3)21-12-9-19(10-13-21)11-14-23(28)27-17-15-22(16-18-27)26-24(29)20-7-5-4-6-8-20/h4-14,22H,15-18H2,1-3H3,(H,26,29). The van der Waals surface area contributed by atoms with Gasteiger partial charge in [0.2, 0.25) is 5.91 Å². The summed E-state index contributed by atoms with van der Waals surface area (Å²) in [6.45, 7) is 7.88. The van der Waals surface area contributed by atoms with Crippen LogP contribution >= 0.6 is 0 Å². The molecule has 2 aromatic rings. The van der Waals surface area contributed by atoms with E-state index in [0.29, 0.717) is 18.7 Å². The van der Waals surface area contributed by atoms with Gasteiger partial charge in [-0.2, -0.15) is 0 Å². The topological polar surface area (TPSA) is 49.4 Å². The number of carbonyl (C=O) groups is 2. The van der Waals surface area contributed by atoms with E-state index in [2.05, 4.69) is 50.4 Å². The third kappa shape index (κ3) is 5.80. The number of hydrogen-bond acceptors (Lipinski definition) is 2. The molecular weight excluding hydrogens is 360 g/mol. The fourth-order valence-electron chi connectivity index (χ4n) is 3.47. The Kier molecular flexibility index (Phi) is 6.53. The summed E-state index contributed by atoms with van der Waals surface area (Å²) >= 11 is 0. The number of rotatable bonds is 4. The van der Waals surface area contributed by atoms with E-state index in [4.69, 9.17) is 0 Å². The number of benzene rings is 2. The maximum atomic E-state index is 12.5. The normalized spacial score (nSPS) is 15.5. The zero-order valence-electron chi connectivity index (χ0n) is 17.5. The summed E-state index contributed by atoms with van der Waals surface area (Å²) < 4.78 is 0. The summed E-state index contributed by atoms with van der Waals surface area (Å²) in [7, 11) is 0. The maximum absolute atomic E-state index is 12.5. The van der Waals surface area contributed by atoms with E-state index in [1.807, 2.05) is 41.3 Å². The molecular formula is C25H30N2O2. The summed E-state index contributed by atoms with van der Waals surface area (Å²) in [5, 5.41) is 3.07. The first-order valence-corrected chi connectivity index (χ1v) is 10.3. The average Bonchev–Trinajstić information content (AvgIpc) is 2.73. The molecule has 152 valence electrons. The molecule has 3 rings (SSSR count).